The van der Waals surface area contributed by atoms with Crippen molar-refractivity contribution in [1.82, 2.24) is 4.90 Å². The van der Waals surface area contributed by atoms with Gasteiger partial charge in [0.15, 0.2) is 0 Å². The highest BCUT2D eigenvalue weighted by Crippen LogP contribution is 2.21. The van der Waals surface area contributed by atoms with Crippen molar-refractivity contribution in [2.75, 3.05) is 32.5 Å². The molecule has 4 heteroatoms. The van der Waals surface area contributed by atoms with E-state index in [4.69, 9.17) is 22.1 Å². The van der Waals surface area contributed by atoms with Gasteiger partial charge in [0, 0.05) is 26.3 Å². The Morgan fingerprint density at radius 2 is 2.11 bits per heavy atom. The maximum atomic E-state index is 6.03. The van der Waals surface area contributed by atoms with Crippen LogP contribution >= 0.6 is 11.6 Å². The number of hydrogen-bond acceptors (Lipinski definition) is 3. The second-order valence-electron chi connectivity index (χ2n) is 5.11. The van der Waals surface area contributed by atoms with E-state index in [1.807, 2.05) is 18.2 Å². The largest absolute Gasteiger partial charge is 0.398 e. The lowest BCUT2D eigenvalue weighted by atomic mass is 10.00. The predicted molar refractivity (Wildman–Crippen MR) is 75.7 cm³/mol. The summed E-state index contributed by atoms with van der Waals surface area (Å²) < 4.78 is 5.38. The average molecular weight is 269 g/mol. The third-order valence-electron chi connectivity index (χ3n) is 3.43. The molecule has 2 N–H and O–H groups in total. The lowest BCUT2D eigenvalue weighted by molar-refractivity contribution is 0.0549. The number of nitrogen functional groups attached to an aromatic ring is 1. The molecule has 1 heterocycles. The Balaban J connectivity index is 1.85. The molecule has 2 rings (SSSR count). The molecule has 100 valence electrons. The van der Waals surface area contributed by atoms with Gasteiger partial charge in [-0.2, -0.15) is 0 Å². The summed E-state index contributed by atoms with van der Waals surface area (Å²) in [6, 6.07) is 5.87. The third-order valence-corrected chi connectivity index (χ3v) is 3.76. The molecule has 0 unspecified atom stereocenters. The van der Waals surface area contributed by atoms with Crippen molar-refractivity contribution in [3.8, 4) is 0 Å². The first-order valence-electron chi connectivity index (χ1n) is 6.45. The van der Waals surface area contributed by atoms with Crippen molar-refractivity contribution in [3.05, 3.63) is 28.8 Å². The van der Waals surface area contributed by atoms with Gasteiger partial charge in [-0.15, -0.1) is 0 Å². The molecule has 0 bridgehead atoms. The first-order chi connectivity index (χ1) is 8.65. The smallest absolute Gasteiger partial charge is 0.0638 e. The first kappa shape index (κ1) is 13.7. The molecule has 0 spiro atoms. The number of benzene rings is 1. The number of halogens is 1. The number of hydrogen-bond donors (Lipinski definition) is 1. The molecule has 0 amide bonds. The topological polar surface area (TPSA) is 38.5 Å². The molecule has 0 saturated carbocycles. The zero-order valence-corrected chi connectivity index (χ0v) is 11.6. The zero-order valence-electron chi connectivity index (χ0n) is 10.9. The van der Waals surface area contributed by atoms with Crippen molar-refractivity contribution in [2.45, 2.75) is 19.4 Å². The van der Waals surface area contributed by atoms with Gasteiger partial charge in [0.1, 0.15) is 0 Å². The van der Waals surface area contributed by atoms with E-state index in [0.29, 0.717) is 10.7 Å². The minimum Gasteiger partial charge on any atom is -0.398 e. The Labute approximate surface area is 114 Å². The summed E-state index contributed by atoms with van der Waals surface area (Å²) in [5, 5.41) is 0.645. The van der Waals surface area contributed by atoms with Crippen LogP contribution in [0.2, 0.25) is 5.02 Å². The van der Waals surface area contributed by atoms with Gasteiger partial charge < -0.3 is 15.4 Å². The molecule has 1 aromatic rings. The Morgan fingerprint density at radius 3 is 2.78 bits per heavy atom. The van der Waals surface area contributed by atoms with Crippen molar-refractivity contribution in [1.29, 1.82) is 0 Å². The molecule has 1 fully saturated rings. The van der Waals surface area contributed by atoms with Crippen molar-refractivity contribution < 1.29 is 4.74 Å². The molecule has 1 aliphatic heterocycles. The maximum absolute atomic E-state index is 6.03. The first-order valence-corrected chi connectivity index (χ1v) is 6.83. The van der Waals surface area contributed by atoms with Gasteiger partial charge in [0.2, 0.25) is 0 Å². The number of anilines is 1. The van der Waals surface area contributed by atoms with Crippen molar-refractivity contribution in [2.24, 2.45) is 5.92 Å². The molecule has 0 atom stereocenters. The van der Waals surface area contributed by atoms with Gasteiger partial charge in [-0.05, 0) is 43.5 Å². The molecular weight excluding hydrogens is 248 g/mol. The van der Waals surface area contributed by atoms with Gasteiger partial charge in [-0.3, -0.25) is 0 Å². The molecule has 1 saturated heterocycles. The van der Waals surface area contributed by atoms with Crippen LogP contribution in [-0.4, -0.2) is 31.7 Å². The van der Waals surface area contributed by atoms with E-state index >= 15 is 0 Å². The highest BCUT2D eigenvalue weighted by molar-refractivity contribution is 6.33. The van der Waals surface area contributed by atoms with Crippen LogP contribution in [0.15, 0.2) is 18.2 Å². The number of nitrogens with two attached hydrogens (primary N) is 1. The number of rotatable bonds is 4. The minimum atomic E-state index is 0.645. The van der Waals surface area contributed by atoms with Crippen LogP contribution in [0.1, 0.15) is 18.4 Å². The Hall–Kier alpha value is -0.770. The highest BCUT2D eigenvalue weighted by atomic mass is 35.5. The summed E-state index contributed by atoms with van der Waals surface area (Å²) in [6.07, 6.45) is 2.35. The van der Waals surface area contributed by atoms with Crippen LogP contribution < -0.4 is 5.73 Å². The highest BCUT2D eigenvalue weighted by Gasteiger charge is 2.15. The van der Waals surface area contributed by atoms with E-state index in [0.717, 1.165) is 32.2 Å². The number of ether oxygens (including phenoxy) is 1. The van der Waals surface area contributed by atoms with Crippen LogP contribution in [0.3, 0.4) is 0 Å². The standard InChI is InChI=1S/C14H21ClN2O/c1-17(9-11-4-6-18-7-5-11)10-12-2-3-14(16)13(15)8-12/h2-3,8,11H,4-7,9-10,16H2,1H3. The molecule has 0 aliphatic carbocycles. The van der Waals surface area contributed by atoms with E-state index in [-0.39, 0.29) is 0 Å². The fraction of sp³-hybridized carbons (Fsp3) is 0.571. The monoisotopic (exact) mass is 268 g/mol. The van der Waals surface area contributed by atoms with Crippen molar-refractivity contribution >= 4 is 17.3 Å². The van der Waals surface area contributed by atoms with Crippen LogP contribution in [0.4, 0.5) is 5.69 Å². The average Bonchev–Trinajstić information content (AvgIpc) is 2.35. The Bertz CT molecular complexity index is 391. The summed E-state index contributed by atoms with van der Waals surface area (Å²) in [6.45, 7) is 3.85. The number of nitrogens with zero attached hydrogens (tertiary/aromatic N) is 1. The van der Waals surface area contributed by atoms with Gasteiger partial charge in [0.05, 0.1) is 10.7 Å². The van der Waals surface area contributed by atoms with E-state index < -0.39 is 0 Å². The third kappa shape index (κ3) is 3.87. The minimum absolute atomic E-state index is 0.645. The molecule has 18 heavy (non-hydrogen) atoms. The SMILES string of the molecule is CN(Cc1ccc(N)c(Cl)c1)CC1CCOCC1. The molecule has 1 aliphatic rings. The molecule has 3 nitrogen and oxygen atoms in total. The van der Waals surface area contributed by atoms with Gasteiger partial charge in [-0.25, -0.2) is 0 Å². The lowest BCUT2D eigenvalue weighted by Crippen LogP contribution is -2.29. The summed E-state index contributed by atoms with van der Waals surface area (Å²) in [5.74, 6) is 0.757. The zero-order chi connectivity index (χ0) is 13.0. The van der Waals surface area contributed by atoms with E-state index in [2.05, 4.69) is 11.9 Å². The summed E-state index contributed by atoms with van der Waals surface area (Å²) in [4.78, 5) is 2.35. The van der Waals surface area contributed by atoms with Crippen LogP contribution in [0, 0.1) is 5.92 Å². The summed E-state index contributed by atoms with van der Waals surface area (Å²) in [7, 11) is 2.15. The van der Waals surface area contributed by atoms with E-state index in [9.17, 15) is 0 Å². The van der Waals surface area contributed by atoms with Gasteiger partial charge in [-0.1, -0.05) is 17.7 Å². The van der Waals surface area contributed by atoms with Gasteiger partial charge >= 0.3 is 0 Å². The Kier molecular flexibility index (Phi) is 4.87. The molecule has 0 radical (unpaired) electrons. The quantitative estimate of drug-likeness (QED) is 0.854. The summed E-state index contributed by atoms with van der Waals surface area (Å²) in [5.41, 5.74) is 7.57. The fourth-order valence-corrected chi connectivity index (χ4v) is 2.62. The van der Waals surface area contributed by atoms with Crippen LogP contribution in [0.25, 0.3) is 0 Å². The lowest BCUT2D eigenvalue weighted by Gasteiger charge is -2.27. The normalized spacial score (nSPS) is 17.3. The molecular formula is C14H21ClN2O. The van der Waals surface area contributed by atoms with E-state index in [1.165, 1.54) is 18.4 Å². The predicted octanol–water partition coefficient (Wildman–Crippen LogP) is 2.78. The Morgan fingerprint density at radius 1 is 1.39 bits per heavy atom. The van der Waals surface area contributed by atoms with Crippen molar-refractivity contribution in [3.63, 3.8) is 0 Å². The van der Waals surface area contributed by atoms with Crippen LogP contribution in [0.5, 0.6) is 0 Å². The summed E-state index contributed by atoms with van der Waals surface area (Å²) >= 11 is 6.03. The fourth-order valence-electron chi connectivity index (χ4n) is 2.41. The second kappa shape index (κ2) is 6.41. The second-order valence-corrected chi connectivity index (χ2v) is 5.52. The van der Waals surface area contributed by atoms with Gasteiger partial charge in [0.25, 0.3) is 0 Å². The van der Waals surface area contributed by atoms with E-state index in [1.54, 1.807) is 0 Å². The van der Waals surface area contributed by atoms with Crippen LogP contribution in [-0.2, 0) is 11.3 Å². The maximum Gasteiger partial charge on any atom is 0.0638 e. The molecule has 1 aromatic carbocycles. The molecule has 0 aromatic heterocycles.